The summed E-state index contributed by atoms with van der Waals surface area (Å²) in [5.74, 6) is 0. The maximum atomic E-state index is 10.5. The highest BCUT2D eigenvalue weighted by molar-refractivity contribution is 4.94. The lowest BCUT2D eigenvalue weighted by Gasteiger charge is -2.47. The van der Waals surface area contributed by atoms with E-state index in [-0.39, 0.29) is 6.61 Å². The van der Waals surface area contributed by atoms with E-state index in [0.717, 1.165) is 0 Å². The molecule has 0 spiro atoms. The van der Waals surface area contributed by atoms with E-state index in [4.69, 9.17) is 23.7 Å². The molecule has 0 aromatic heterocycles. The third-order valence-corrected chi connectivity index (χ3v) is 5.67. The lowest BCUT2D eigenvalue weighted by molar-refractivity contribution is -0.385. The second-order valence-corrected chi connectivity index (χ2v) is 7.87. The number of aliphatic hydroxyl groups is 9. The van der Waals surface area contributed by atoms with Gasteiger partial charge in [-0.05, 0) is 6.92 Å². The van der Waals surface area contributed by atoms with Crippen molar-refractivity contribution in [3.8, 4) is 0 Å². The molecule has 3 heterocycles. The molecule has 14 nitrogen and oxygen atoms in total. The molecule has 3 saturated heterocycles. The maximum absolute atomic E-state index is 10.5. The minimum atomic E-state index is -1.77. The van der Waals surface area contributed by atoms with E-state index in [2.05, 4.69) is 0 Å². The molecule has 0 radical (unpaired) electrons. The van der Waals surface area contributed by atoms with Crippen LogP contribution in [-0.2, 0) is 23.7 Å². The van der Waals surface area contributed by atoms with Gasteiger partial charge in [0.05, 0.1) is 19.3 Å². The van der Waals surface area contributed by atoms with E-state index in [1.54, 1.807) is 0 Å². The Bertz CT molecular complexity index is 581. The quantitative estimate of drug-likeness (QED) is 0.187. The lowest BCUT2D eigenvalue weighted by Crippen LogP contribution is -2.65. The molecule has 9 N–H and O–H groups in total. The molecular weight excluding hydrogens is 428 g/mol. The van der Waals surface area contributed by atoms with Gasteiger partial charge < -0.3 is 69.6 Å². The fourth-order valence-corrected chi connectivity index (χ4v) is 3.67. The Balaban J connectivity index is 1.80. The van der Waals surface area contributed by atoms with Crippen LogP contribution in [-0.4, -0.2) is 145 Å². The number of hydrogen-bond acceptors (Lipinski definition) is 14. The summed E-state index contributed by atoms with van der Waals surface area (Å²) in [4.78, 5) is 0. The fraction of sp³-hybridized carbons (Fsp3) is 1.00. The van der Waals surface area contributed by atoms with E-state index >= 15 is 0 Å². The third kappa shape index (κ3) is 5.02. The summed E-state index contributed by atoms with van der Waals surface area (Å²) in [7, 11) is 0. The molecule has 3 fully saturated rings. The Morgan fingerprint density at radius 2 is 1.35 bits per heavy atom. The number of aliphatic hydroxyl groups excluding tert-OH is 9. The molecule has 3 rings (SSSR count). The molecule has 3 aliphatic rings. The van der Waals surface area contributed by atoms with E-state index in [1.165, 1.54) is 6.92 Å². The van der Waals surface area contributed by atoms with Gasteiger partial charge in [-0.1, -0.05) is 0 Å². The van der Waals surface area contributed by atoms with Crippen molar-refractivity contribution >= 4 is 0 Å². The zero-order valence-corrected chi connectivity index (χ0v) is 16.6. The van der Waals surface area contributed by atoms with E-state index in [1.807, 2.05) is 0 Å². The monoisotopic (exact) mass is 458 g/mol. The summed E-state index contributed by atoms with van der Waals surface area (Å²) in [6, 6.07) is 0. The second-order valence-electron chi connectivity index (χ2n) is 7.87. The van der Waals surface area contributed by atoms with Crippen molar-refractivity contribution in [1.82, 2.24) is 0 Å². The van der Waals surface area contributed by atoms with Gasteiger partial charge in [0, 0.05) is 0 Å². The second kappa shape index (κ2) is 10.1. The fourth-order valence-electron chi connectivity index (χ4n) is 3.67. The molecule has 14 atom stereocenters. The zero-order valence-electron chi connectivity index (χ0n) is 16.6. The van der Waals surface area contributed by atoms with Crippen LogP contribution in [0.1, 0.15) is 6.92 Å². The van der Waals surface area contributed by atoms with Crippen molar-refractivity contribution in [2.24, 2.45) is 0 Å². The summed E-state index contributed by atoms with van der Waals surface area (Å²) in [5, 5.41) is 89.9. The van der Waals surface area contributed by atoms with Gasteiger partial charge in [-0.3, -0.25) is 0 Å². The molecule has 14 heteroatoms. The molecule has 0 aliphatic carbocycles. The summed E-state index contributed by atoms with van der Waals surface area (Å²) in [6.07, 6.45) is -21.7. The summed E-state index contributed by atoms with van der Waals surface area (Å²) in [6.45, 7) is 0.306. The van der Waals surface area contributed by atoms with Gasteiger partial charge in [-0.25, -0.2) is 0 Å². The van der Waals surface area contributed by atoms with Crippen LogP contribution in [0.4, 0.5) is 0 Å². The molecule has 0 bridgehead atoms. The zero-order chi connectivity index (χ0) is 23.0. The SMILES string of the molecule is C[C@H]1O[C@@H](O[C@H]2[C@H](O[C@H]3[C@H](O)[C@H](O)CO[C@@H]3O)O[C@H](CO)[C@H](O)[C@H]2O)[C@H](O)[C@@H](O)[C@@H]1O. The molecule has 0 aromatic rings. The molecule has 0 aromatic carbocycles. The van der Waals surface area contributed by atoms with Crippen LogP contribution in [0.25, 0.3) is 0 Å². The number of hydrogen-bond donors (Lipinski definition) is 9. The van der Waals surface area contributed by atoms with Gasteiger partial charge in [-0.15, -0.1) is 0 Å². The van der Waals surface area contributed by atoms with Crippen LogP contribution >= 0.6 is 0 Å². The van der Waals surface area contributed by atoms with Gasteiger partial charge in [0.2, 0.25) is 0 Å². The minimum Gasteiger partial charge on any atom is -0.394 e. The Morgan fingerprint density at radius 1 is 0.710 bits per heavy atom. The smallest absolute Gasteiger partial charge is 0.187 e. The average molecular weight is 458 g/mol. The largest absolute Gasteiger partial charge is 0.394 e. The number of rotatable bonds is 5. The van der Waals surface area contributed by atoms with E-state index in [0.29, 0.717) is 0 Å². The van der Waals surface area contributed by atoms with Gasteiger partial charge in [0.25, 0.3) is 0 Å². The topological polar surface area (TPSA) is 228 Å². The van der Waals surface area contributed by atoms with Gasteiger partial charge in [0.15, 0.2) is 18.9 Å². The number of ether oxygens (including phenoxy) is 5. The van der Waals surface area contributed by atoms with Crippen LogP contribution in [0.5, 0.6) is 0 Å². The van der Waals surface area contributed by atoms with Crippen molar-refractivity contribution in [3.63, 3.8) is 0 Å². The van der Waals surface area contributed by atoms with Crippen LogP contribution < -0.4 is 0 Å². The highest BCUT2D eigenvalue weighted by atomic mass is 16.8. The first-order chi connectivity index (χ1) is 14.6. The Kier molecular flexibility index (Phi) is 8.21. The van der Waals surface area contributed by atoms with Crippen LogP contribution in [0.2, 0.25) is 0 Å². The minimum absolute atomic E-state index is 0.367. The highest BCUT2D eigenvalue weighted by Gasteiger charge is 2.52. The standard InChI is InChI=1S/C17H30O14/c1-4-7(20)10(23)12(25)16(28-4)31-14-11(24)9(22)6(2-18)29-17(14)30-13-8(21)5(19)3-27-15(13)26/h4-26H,2-3H2,1H3/t4-,5-,6-,7-,8-,9+,10+,11-,12-,13+,14-,15+,16+,17+/m1/s1. The van der Waals surface area contributed by atoms with Crippen molar-refractivity contribution in [3.05, 3.63) is 0 Å². The first-order valence-electron chi connectivity index (χ1n) is 9.85. The van der Waals surface area contributed by atoms with Crippen LogP contribution in [0.15, 0.2) is 0 Å². The Hall–Kier alpha value is -0.560. The predicted octanol–water partition coefficient (Wildman–Crippen LogP) is -5.91. The Labute approximate surface area is 176 Å². The molecule has 0 unspecified atom stereocenters. The van der Waals surface area contributed by atoms with Crippen molar-refractivity contribution in [1.29, 1.82) is 0 Å². The van der Waals surface area contributed by atoms with Crippen LogP contribution in [0.3, 0.4) is 0 Å². The molecule has 31 heavy (non-hydrogen) atoms. The molecule has 182 valence electrons. The molecule has 0 amide bonds. The van der Waals surface area contributed by atoms with Crippen molar-refractivity contribution in [2.45, 2.75) is 92.9 Å². The van der Waals surface area contributed by atoms with E-state index < -0.39 is 92.6 Å². The van der Waals surface area contributed by atoms with Gasteiger partial charge in [0.1, 0.15) is 61.0 Å². The van der Waals surface area contributed by atoms with Crippen molar-refractivity contribution < 1.29 is 69.6 Å². The molecule has 3 aliphatic heterocycles. The molecule has 0 saturated carbocycles. The first-order valence-corrected chi connectivity index (χ1v) is 9.85. The van der Waals surface area contributed by atoms with Crippen LogP contribution in [0, 0.1) is 0 Å². The molecular formula is C17H30O14. The van der Waals surface area contributed by atoms with Gasteiger partial charge >= 0.3 is 0 Å². The maximum Gasteiger partial charge on any atom is 0.187 e. The average Bonchev–Trinajstić information content (AvgIpc) is 2.74. The summed E-state index contributed by atoms with van der Waals surface area (Å²) >= 11 is 0. The van der Waals surface area contributed by atoms with Gasteiger partial charge in [-0.2, -0.15) is 0 Å². The normalized spacial score (nSPS) is 54.0. The van der Waals surface area contributed by atoms with Crippen molar-refractivity contribution in [2.75, 3.05) is 13.2 Å². The summed E-state index contributed by atoms with van der Waals surface area (Å²) < 4.78 is 26.6. The summed E-state index contributed by atoms with van der Waals surface area (Å²) in [5.41, 5.74) is 0. The highest BCUT2D eigenvalue weighted by Crippen LogP contribution is 2.31. The lowest BCUT2D eigenvalue weighted by atomic mass is 9.97. The Morgan fingerprint density at radius 3 is 2.00 bits per heavy atom. The third-order valence-electron chi connectivity index (χ3n) is 5.67. The van der Waals surface area contributed by atoms with E-state index in [9.17, 15) is 46.0 Å². The first kappa shape index (κ1) is 25.1. The predicted molar refractivity (Wildman–Crippen MR) is 93.8 cm³/mol.